The highest BCUT2D eigenvalue weighted by Crippen LogP contribution is 2.20. The quantitative estimate of drug-likeness (QED) is 0.927. The molecule has 1 heterocycles. The molecule has 0 saturated carbocycles. The van der Waals surface area contributed by atoms with Gasteiger partial charge in [-0.1, -0.05) is 22.0 Å². The van der Waals surface area contributed by atoms with E-state index in [1.54, 1.807) is 0 Å². The topological polar surface area (TPSA) is 32.3 Å². The Morgan fingerprint density at radius 3 is 2.95 bits per heavy atom. The van der Waals surface area contributed by atoms with Gasteiger partial charge in [-0.2, -0.15) is 0 Å². The van der Waals surface area contributed by atoms with E-state index in [4.69, 9.17) is 0 Å². The van der Waals surface area contributed by atoms with Crippen LogP contribution in [0.3, 0.4) is 0 Å². The van der Waals surface area contributed by atoms with E-state index in [0.717, 1.165) is 48.1 Å². The van der Waals surface area contributed by atoms with Gasteiger partial charge in [0, 0.05) is 29.2 Å². The molecule has 1 fully saturated rings. The number of carbonyl (C=O) groups excluding carboxylic acids is 1. The van der Waals surface area contributed by atoms with Crippen LogP contribution in [0.25, 0.3) is 0 Å². The number of likely N-dealkylation sites (N-methyl/N-ethyl adjacent to an activating group) is 1. The summed E-state index contributed by atoms with van der Waals surface area (Å²) in [5.74, 6) is 0.148. The van der Waals surface area contributed by atoms with Crippen molar-refractivity contribution in [1.29, 1.82) is 0 Å². The van der Waals surface area contributed by atoms with Crippen LogP contribution in [0.4, 0.5) is 0 Å². The number of piperidine rings is 1. The first-order chi connectivity index (χ1) is 9.13. The highest BCUT2D eigenvalue weighted by molar-refractivity contribution is 9.10. The summed E-state index contributed by atoms with van der Waals surface area (Å²) in [6.07, 6.45) is 2.24. The largest absolute Gasteiger partial charge is 0.335 e. The van der Waals surface area contributed by atoms with Crippen LogP contribution in [-0.2, 0) is 0 Å². The summed E-state index contributed by atoms with van der Waals surface area (Å²) in [6.45, 7) is 6.79. The molecule has 1 N–H and O–H groups in total. The molecule has 3 nitrogen and oxygen atoms in total. The Hall–Kier alpha value is -0.870. The van der Waals surface area contributed by atoms with Crippen LogP contribution in [0.5, 0.6) is 0 Å². The molecule has 1 aliphatic heterocycles. The Balaban J connectivity index is 2.22. The van der Waals surface area contributed by atoms with E-state index in [2.05, 4.69) is 28.2 Å². The average molecular weight is 325 g/mol. The van der Waals surface area contributed by atoms with Crippen molar-refractivity contribution in [3.05, 3.63) is 33.8 Å². The molecule has 19 heavy (non-hydrogen) atoms. The van der Waals surface area contributed by atoms with Gasteiger partial charge in [-0.15, -0.1) is 0 Å². The van der Waals surface area contributed by atoms with E-state index in [1.165, 1.54) is 0 Å². The highest BCUT2D eigenvalue weighted by Gasteiger charge is 2.25. The number of aryl methyl sites for hydroxylation is 1. The first kappa shape index (κ1) is 14.5. The molecule has 0 radical (unpaired) electrons. The summed E-state index contributed by atoms with van der Waals surface area (Å²) in [5.41, 5.74) is 1.84. The van der Waals surface area contributed by atoms with Crippen molar-refractivity contribution in [2.75, 3.05) is 19.6 Å². The molecule has 0 aromatic heterocycles. The lowest BCUT2D eigenvalue weighted by atomic mass is 10.0. The minimum atomic E-state index is 0.148. The van der Waals surface area contributed by atoms with Crippen LogP contribution in [0.2, 0.25) is 0 Å². The second-order valence-corrected chi connectivity index (χ2v) is 5.97. The molecule has 1 aromatic rings. The number of nitrogens with one attached hydrogen (secondary N) is 1. The third kappa shape index (κ3) is 3.37. The zero-order valence-electron chi connectivity index (χ0n) is 11.6. The van der Waals surface area contributed by atoms with Crippen molar-refractivity contribution in [2.24, 2.45) is 0 Å². The molecule has 2 rings (SSSR count). The summed E-state index contributed by atoms with van der Waals surface area (Å²) in [4.78, 5) is 14.7. The molecule has 1 amide bonds. The smallest absolute Gasteiger partial charge is 0.254 e. The zero-order valence-corrected chi connectivity index (χ0v) is 13.2. The van der Waals surface area contributed by atoms with E-state index in [0.29, 0.717) is 6.04 Å². The first-order valence-electron chi connectivity index (χ1n) is 6.91. The van der Waals surface area contributed by atoms with Crippen LogP contribution in [0, 0.1) is 6.92 Å². The maximum absolute atomic E-state index is 12.7. The Morgan fingerprint density at radius 2 is 2.32 bits per heavy atom. The highest BCUT2D eigenvalue weighted by atomic mass is 79.9. The minimum absolute atomic E-state index is 0.148. The average Bonchev–Trinajstić information content (AvgIpc) is 2.43. The van der Waals surface area contributed by atoms with Crippen LogP contribution < -0.4 is 5.32 Å². The fraction of sp³-hybridized carbons (Fsp3) is 0.533. The number of rotatable bonds is 3. The summed E-state index contributed by atoms with van der Waals surface area (Å²) < 4.78 is 0.958. The Bertz CT molecular complexity index is 455. The van der Waals surface area contributed by atoms with Gasteiger partial charge in [-0.25, -0.2) is 0 Å². The number of benzene rings is 1. The second-order valence-electron chi connectivity index (χ2n) is 5.05. The summed E-state index contributed by atoms with van der Waals surface area (Å²) >= 11 is 3.45. The predicted octanol–water partition coefficient (Wildman–Crippen LogP) is 2.97. The molecule has 1 aromatic carbocycles. The van der Waals surface area contributed by atoms with Crippen LogP contribution in [-0.4, -0.2) is 36.5 Å². The fourth-order valence-electron chi connectivity index (χ4n) is 2.65. The number of carbonyl (C=O) groups is 1. The van der Waals surface area contributed by atoms with E-state index in [9.17, 15) is 4.79 Å². The van der Waals surface area contributed by atoms with Crippen LogP contribution in [0.15, 0.2) is 22.7 Å². The monoisotopic (exact) mass is 324 g/mol. The first-order valence-corrected chi connectivity index (χ1v) is 7.70. The van der Waals surface area contributed by atoms with Gasteiger partial charge in [0.25, 0.3) is 5.91 Å². The van der Waals surface area contributed by atoms with E-state index >= 15 is 0 Å². The van der Waals surface area contributed by atoms with Gasteiger partial charge < -0.3 is 10.2 Å². The van der Waals surface area contributed by atoms with Gasteiger partial charge in [0.2, 0.25) is 0 Å². The molecule has 0 aliphatic carbocycles. The molecular formula is C15H21BrN2O. The SMILES string of the molecule is CCN(C(=O)c1cc(Br)ccc1C)C1CCCNC1. The third-order valence-corrected chi connectivity index (χ3v) is 4.24. The van der Waals surface area contributed by atoms with Gasteiger partial charge >= 0.3 is 0 Å². The van der Waals surface area contributed by atoms with Gasteiger partial charge in [0.15, 0.2) is 0 Å². The maximum atomic E-state index is 12.7. The van der Waals surface area contributed by atoms with Gasteiger partial charge in [0.1, 0.15) is 0 Å². The number of halogens is 1. The molecule has 1 unspecified atom stereocenters. The predicted molar refractivity (Wildman–Crippen MR) is 81.5 cm³/mol. The number of hydrogen-bond donors (Lipinski definition) is 1. The van der Waals surface area contributed by atoms with Crippen molar-refractivity contribution in [3.63, 3.8) is 0 Å². The van der Waals surface area contributed by atoms with E-state index in [-0.39, 0.29) is 5.91 Å². The van der Waals surface area contributed by atoms with Crippen LogP contribution >= 0.6 is 15.9 Å². The van der Waals surface area contributed by atoms with Crippen LogP contribution in [0.1, 0.15) is 35.7 Å². The van der Waals surface area contributed by atoms with Gasteiger partial charge in [-0.05, 0) is 50.9 Å². The Kier molecular flexibility index (Phi) is 4.99. The molecule has 4 heteroatoms. The second kappa shape index (κ2) is 6.53. The Morgan fingerprint density at radius 1 is 1.53 bits per heavy atom. The molecule has 0 spiro atoms. The van der Waals surface area contributed by atoms with Crippen molar-refractivity contribution >= 4 is 21.8 Å². The van der Waals surface area contributed by atoms with Crippen molar-refractivity contribution in [2.45, 2.75) is 32.7 Å². The summed E-state index contributed by atoms with van der Waals surface area (Å²) in [7, 11) is 0. The third-order valence-electron chi connectivity index (χ3n) is 3.74. The van der Waals surface area contributed by atoms with Crippen molar-refractivity contribution < 1.29 is 4.79 Å². The van der Waals surface area contributed by atoms with Gasteiger partial charge in [0.05, 0.1) is 0 Å². The van der Waals surface area contributed by atoms with Gasteiger partial charge in [-0.3, -0.25) is 4.79 Å². The maximum Gasteiger partial charge on any atom is 0.254 e. The minimum Gasteiger partial charge on any atom is -0.335 e. The van der Waals surface area contributed by atoms with Crippen molar-refractivity contribution in [1.82, 2.24) is 10.2 Å². The zero-order chi connectivity index (χ0) is 13.8. The van der Waals surface area contributed by atoms with E-state index < -0.39 is 0 Å². The molecule has 104 valence electrons. The molecular weight excluding hydrogens is 304 g/mol. The van der Waals surface area contributed by atoms with E-state index in [1.807, 2.05) is 30.0 Å². The lowest BCUT2D eigenvalue weighted by Gasteiger charge is -2.34. The molecule has 0 bridgehead atoms. The number of hydrogen-bond acceptors (Lipinski definition) is 2. The molecule has 1 atom stereocenters. The fourth-order valence-corrected chi connectivity index (χ4v) is 3.01. The summed E-state index contributed by atoms with van der Waals surface area (Å²) in [5, 5.41) is 3.38. The lowest BCUT2D eigenvalue weighted by Crippen LogP contribution is -2.48. The lowest BCUT2D eigenvalue weighted by molar-refractivity contribution is 0.0661. The summed E-state index contributed by atoms with van der Waals surface area (Å²) in [6, 6.07) is 6.22. The molecule has 1 saturated heterocycles. The normalized spacial score (nSPS) is 19.2. The number of nitrogens with zero attached hydrogens (tertiary/aromatic N) is 1. The van der Waals surface area contributed by atoms with Crippen molar-refractivity contribution in [3.8, 4) is 0 Å². The standard InChI is InChI=1S/C15H21BrN2O/c1-3-18(13-5-4-8-17-10-13)15(19)14-9-12(16)7-6-11(14)2/h6-7,9,13,17H,3-5,8,10H2,1-2H3. The number of amides is 1. The molecule has 1 aliphatic rings. The Labute approximate surface area is 123 Å².